The number of aryl methyl sites for hydroxylation is 1. The van der Waals surface area contributed by atoms with E-state index in [1.807, 2.05) is 0 Å². The van der Waals surface area contributed by atoms with Crippen LogP contribution in [0.25, 0.3) is 0 Å². The molecule has 0 aliphatic rings. The molecule has 2 rings (SSSR count). The van der Waals surface area contributed by atoms with Gasteiger partial charge in [-0.15, -0.1) is 0 Å². The van der Waals surface area contributed by atoms with E-state index in [0.29, 0.717) is 5.75 Å². The van der Waals surface area contributed by atoms with Crippen molar-refractivity contribution in [2.45, 2.75) is 0 Å². The summed E-state index contributed by atoms with van der Waals surface area (Å²) in [5, 5.41) is 12.8. The summed E-state index contributed by atoms with van der Waals surface area (Å²) >= 11 is 0. The molecular formula is C10H9N3O3. The van der Waals surface area contributed by atoms with Crippen molar-refractivity contribution in [3.05, 3.63) is 36.4 Å². The van der Waals surface area contributed by atoms with Crippen LogP contribution >= 0.6 is 0 Å². The lowest BCUT2D eigenvalue weighted by atomic mass is 10.3. The Morgan fingerprint density at radius 2 is 2.38 bits per heavy atom. The van der Waals surface area contributed by atoms with Gasteiger partial charge in [0.25, 0.3) is 0 Å². The maximum atomic E-state index is 10.9. The molecule has 0 aromatic carbocycles. The Bertz CT molecular complexity index is 522. The van der Waals surface area contributed by atoms with Crippen LogP contribution in [0.15, 0.2) is 30.7 Å². The van der Waals surface area contributed by atoms with Crippen LogP contribution in [0.2, 0.25) is 0 Å². The molecule has 0 aliphatic carbocycles. The molecule has 0 amide bonds. The average Bonchev–Trinajstić information content (AvgIpc) is 2.64. The third-order valence-electron chi connectivity index (χ3n) is 1.88. The quantitative estimate of drug-likeness (QED) is 0.841. The van der Waals surface area contributed by atoms with Crippen LogP contribution in [0.4, 0.5) is 0 Å². The summed E-state index contributed by atoms with van der Waals surface area (Å²) < 4.78 is 6.93. The van der Waals surface area contributed by atoms with E-state index in [1.165, 1.54) is 12.4 Å². The van der Waals surface area contributed by atoms with Crippen molar-refractivity contribution >= 4 is 5.97 Å². The highest BCUT2D eigenvalue weighted by molar-refractivity contribution is 5.88. The van der Waals surface area contributed by atoms with Crippen molar-refractivity contribution in [2.24, 2.45) is 7.05 Å². The van der Waals surface area contributed by atoms with Crippen molar-refractivity contribution in [1.29, 1.82) is 0 Å². The molecule has 6 nitrogen and oxygen atoms in total. The number of carboxylic acids is 1. The van der Waals surface area contributed by atoms with Gasteiger partial charge in [-0.3, -0.25) is 4.68 Å². The highest BCUT2D eigenvalue weighted by atomic mass is 16.5. The molecule has 0 saturated carbocycles. The molecule has 0 atom stereocenters. The normalized spacial score (nSPS) is 10.1. The van der Waals surface area contributed by atoms with E-state index in [9.17, 15) is 4.79 Å². The molecule has 6 heteroatoms. The minimum Gasteiger partial charge on any atom is -0.476 e. The zero-order valence-corrected chi connectivity index (χ0v) is 8.49. The fourth-order valence-electron chi connectivity index (χ4n) is 1.21. The van der Waals surface area contributed by atoms with Gasteiger partial charge in [0.2, 0.25) is 0 Å². The number of carboxylic acid groups (broad SMARTS) is 1. The lowest BCUT2D eigenvalue weighted by molar-refractivity contribution is 0.0687. The first-order valence-electron chi connectivity index (χ1n) is 4.51. The zero-order valence-electron chi connectivity index (χ0n) is 8.49. The fourth-order valence-corrected chi connectivity index (χ4v) is 1.21. The molecule has 0 fully saturated rings. The second-order valence-electron chi connectivity index (χ2n) is 3.11. The average molecular weight is 219 g/mol. The lowest BCUT2D eigenvalue weighted by Crippen LogP contribution is -2.02. The third kappa shape index (κ3) is 2.00. The number of aromatic carboxylic acids is 1. The molecule has 16 heavy (non-hydrogen) atoms. The summed E-state index contributed by atoms with van der Waals surface area (Å²) in [5.74, 6) is -0.458. The smallest absolute Gasteiger partial charge is 0.358 e. The predicted octanol–water partition coefficient (Wildman–Crippen LogP) is 1.31. The molecule has 82 valence electrons. The number of carbonyl (C=O) groups is 1. The molecular weight excluding hydrogens is 210 g/mol. The Labute approximate surface area is 91.1 Å². The number of ether oxygens (including phenoxy) is 1. The maximum Gasteiger partial charge on any atom is 0.358 e. The molecule has 1 N–H and O–H groups in total. The minimum atomic E-state index is -1.13. The molecule has 2 aromatic rings. The maximum absolute atomic E-state index is 10.9. The Hall–Kier alpha value is -2.37. The first-order valence-corrected chi connectivity index (χ1v) is 4.51. The molecule has 2 heterocycles. The van der Waals surface area contributed by atoms with Crippen molar-refractivity contribution in [1.82, 2.24) is 14.8 Å². The van der Waals surface area contributed by atoms with E-state index in [1.54, 1.807) is 30.1 Å². The van der Waals surface area contributed by atoms with Gasteiger partial charge in [0.1, 0.15) is 0 Å². The molecule has 0 bridgehead atoms. The van der Waals surface area contributed by atoms with Gasteiger partial charge in [-0.05, 0) is 12.1 Å². The van der Waals surface area contributed by atoms with E-state index < -0.39 is 5.97 Å². The van der Waals surface area contributed by atoms with E-state index in [2.05, 4.69) is 10.1 Å². The first kappa shape index (κ1) is 10.2. The van der Waals surface area contributed by atoms with Gasteiger partial charge in [-0.1, -0.05) is 0 Å². The number of hydrogen-bond donors (Lipinski definition) is 1. The lowest BCUT2D eigenvalue weighted by Gasteiger charge is -2.04. The van der Waals surface area contributed by atoms with E-state index >= 15 is 0 Å². The van der Waals surface area contributed by atoms with Crippen LogP contribution in [0.3, 0.4) is 0 Å². The minimum absolute atomic E-state index is 0.119. The number of hydrogen-bond acceptors (Lipinski definition) is 4. The summed E-state index contributed by atoms with van der Waals surface area (Å²) in [5.41, 5.74) is -0.119. The van der Waals surface area contributed by atoms with E-state index in [0.717, 1.165) is 0 Å². The highest BCUT2D eigenvalue weighted by Gasteiger charge is 2.13. The Kier molecular flexibility index (Phi) is 2.55. The Morgan fingerprint density at radius 3 is 3.00 bits per heavy atom. The summed E-state index contributed by atoms with van der Waals surface area (Å²) in [6.07, 6.45) is 4.54. The molecule has 0 aliphatic heterocycles. The van der Waals surface area contributed by atoms with Gasteiger partial charge in [-0.25, -0.2) is 9.78 Å². The van der Waals surface area contributed by atoms with Crippen LogP contribution < -0.4 is 4.74 Å². The first-order chi connectivity index (χ1) is 7.66. The number of nitrogens with zero attached hydrogens (tertiary/aromatic N) is 3. The molecule has 2 aromatic heterocycles. The van der Waals surface area contributed by atoms with Gasteiger partial charge in [0, 0.05) is 13.2 Å². The largest absolute Gasteiger partial charge is 0.476 e. The standard InChI is InChI=1S/C10H9N3O3/c1-13-6-7(5-12-13)16-8-3-2-4-11-9(8)10(14)15/h2-6H,1H3,(H,14,15). The Balaban J connectivity index is 2.31. The summed E-state index contributed by atoms with van der Waals surface area (Å²) in [6, 6.07) is 3.15. The molecule has 0 spiro atoms. The molecule has 0 unspecified atom stereocenters. The van der Waals surface area contributed by atoms with Crippen LogP contribution in [-0.2, 0) is 7.05 Å². The molecule has 0 saturated heterocycles. The third-order valence-corrected chi connectivity index (χ3v) is 1.88. The highest BCUT2D eigenvalue weighted by Crippen LogP contribution is 2.22. The van der Waals surface area contributed by atoms with Crippen molar-refractivity contribution in [3.63, 3.8) is 0 Å². The SMILES string of the molecule is Cn1cc(Oc2cccnc2C(=O)O)cn1. The van der Waals surface area contributed by atoms with Crippen molar-refractivity contribution in [3.8, 4) is 11.5 Å². The monoisotopic (exact) mass is 219 g/mol. The predicted molar refractivity (Wildman–Crippen MR) is 54.5 cm³/mol. The zero-order chi connectivity index (χ0) is 11.5. The van der Waals surface area contributed by atoms with Gasteiger partial charge < -0.3 is 9.84 Å². The van der Waals surface area contributed by atoms with Gasteiger partial charge in [0.05, 0.1) is 12.4 Å². The number of rotatable bonds is 3. The number of pyridine rings is 1. The van der Waals surface area contributed by atoms with Crippen molar-refractivity contribution in [2.75, 3.05) is 0 Å². The Morgan fingerprint density at radius 1 is 1.56 bits per heavy atom. The number of aromatic nitrogens is 3. The second kappa shape index (κ2) is 4.01. The van der Waals surface area contributed by atoms with Crippen LogP contribution in [0.5, 0.6) is 11.5 Å². The van der Waals surface area contributed by atoms with Gasteiger partial charge in [0.15, 0.2) is 17.2 Å². The summed E-state index contributed by atoms with van der Waals surface area (Å²) in [7, 11) is 1.74. The van der Waals surface area contributed by atoms with Gasteiger partial charge in [-0.2, -0.15) is 5.10 Å². The summed E-state index contributed by atoms with van der Waals surface area (Å²) in [4.78, 5) is 14.6. The topological polar surface area (TPSA) is 77.2 Å². The molecule has 0 radical (unpaired) electrons. The van der Waals surface area contributed by atoms with Crippen molar-refractivity contribution < 1.29 is 14.6 Å². The van der Waals surface area contributed by atoms with Crippen LogP contribution in [0, 0.1) is 0 Å². The van der Waals surface area contributed by atoms with Crippen LogP contribution in [0.1, 0.15) is 10.5 Å². The van der Waals surface area contributed by atoms with E-state index in [-0.39, 0.29) is 11.4 Å². The fraction of sp³-hybridized carbons (Fsp3) is 0.100. The van der Waals surface area contributed by atoms with Crippen LogP contribution in [-0.4, -0.2) is 25.8 Å². The van der Waals surface area contributed by atoms with E-state index in [4.69, 9.17) is 9.84 Å². The summed E-state index contributed by atoms with van der Waals surface area (Å²) in [6.45, 7) is 0. The second-order valence-corrected chi connectivity index (χ2v) is 3.11. The van der Waals surface area contributed by atoms with Gasteiger partial charge >= 0.3 is 5.97 Å².